The van der Waals surface area contributed by atoms with Crippen LogP contribution in [-0.2, 0) is 19.1 Å². The number of amides is 3. The molecule has 1 aliphatic carbocycles. The molecule has 2 aromatic heterocycles. The summed E-state index contributed by atoms with van der Waals surface area (Å²) >= 11 is 1.49. The Morgan fingerprint density at radius 2 is 1.85 bits per heavy atom. The first-order valence-electron chi connectivity index (χ1n) is 16.4. The van der Waals surface area contributed by atoms with Crippen LogP contribution < -0.4 is 15.4 Å². The molecule has 2 aliphatic heterocycles. The molecule has 6 rings (SSSR count). The largest absolute Gasteiger partial charge is 0.479 e. The van der Waals surface area contributed by atoms with Crippen LogP contribution in [0.5, 0.6) is 5.88 Å². The SMILES string of the molecule is CC(C)(C)OC(=O)N[C@H]1CCCCC/C=C\[C@@H]2C[C@@]2(C(=O)O)NC(=O)[C@@H]2C[C@@H](Oc3nc4ccccc4nc3-c3cccs3)CN2C1=O. The Morgan fingerprint density at radius 3 is 2.56 bits per heavy atom. The van der Waals surface area contributed by atoms with E-state index in [1.54, 1.807) is 20.8 Å². The summed E-state index contributed by atoms with van der Waals surface area (Å²) in [5.74, 6) is -2.23. The highest BCUT2D eigenvalue weighted by atomic mass is 32.1. The Labute approximate surface area is 282 Å². The fourth-order valence-electron chi connectivity index (χ4n) is 6.39. The third-order valence-electron chi connectivity index (χ3n) is 8.88. The number of benzene rings is 1. The van der Waals surface area contributed by atoms with Crippen LogP contribution in [0.2, 0.25) is 0 Å². The molecule has 0 radical (unpaired) electrons. The average molecular weight is 676 g/mol. The number of hydrogen-bond acceptors (Lipinski definition) is 9. The Bertz CT molecular complexity index is 1720. The molecule has 4 heterocycles. The minimum Gasteiger partial charge on any atom is -0.479 e. The molecule has 0 unspecified atom stereocenters. The van der Waals surface area contributed by atoms with E-state index in [0.717, 1.165) is 24.1 Å². The van der Waals surface area contributed by atoms with Gasteiger partial charge in [0.15, 0.2) is 0 Å². The van der Waals surface area contributed by atoms with Crippen molar-refractivity contribution < 1.29 is 33.8 Å². The van der Waals surface area contributed by atoms with Gasteiger partial charge in [-0.05, 0) is 70.0 Å². The molecule has 0 bridgehead atoms. The van der Waals surface area contributed by atoms with Crippen molar-refractivity contribution in [3.63, 3.8) is 0 Å². The highest BCUT2D eigenvalue weighted by molar-refractivity contribution is 7.13. The molecule has 1 saturated carbocycles. The Morgan fingerprint density at radius 1 is 1.08 bits per heavy atom. The van der Waals surface area contributed by atoms with E-state index in [0.29, 0.717) is 29.6 Å². The van der Waals surface area contributed by atoms with Gasteiger partial charge in [-0.15, -0.1) is 11.3 Å². The normalized spacial score (nSPS) is 27.1. The smallest absolute Gasteiger partial charge is 0.408 e. The van der Waals surface area contributed by atoms with Gasteiger partial charge in [-0.3, -0.25) is 9.59 Å². The summed E-state index contributed by atoms with van der Waals surface area (Å²) < 4.78 is 12.0. The number of para-hydroxylation sites is 2. The number of allylic oxidation sites excluding steroid dienone is 1. The van der Waals surface area contributed by atoms with E-state index in [2.05, 4.69) is 10.6 Å². The lowest BCUT2D eigenvalue weighted by molar-refractivity contribution is -0.145. The van der Waals surface area contributed by atoms with Crippen molar-refractivity contribution in [2.75, 3.05) is 6.54 Å². The van der Waals surface area contributed by atoms with Crippen molar-refractivity contribution in [3.8, 4) is 16.5 Å². The summed E-state index contributed by atoms with van der Waals surface area (Å²) in [5, 5.41) is 17.6. The highest BCUT2D eigenvalue weighted by Crippen LogP contribution is 2.45. The van der Waals surface area contributed by atoms with Crippen LogP contribution in [0, 0.1) is 5.92 Å². The molecular weight excluding hydrogens is 634 g/mol. The summed E-state index contributed by atoms with van der Waals surface area (Å²) in [7, 11) is 0. The zero-order valence-electron chi connectivity index (χ0n) is 27.3. The Hall–Kier alpha value is -4.52. The second-order valence-electron chi connectivity index (χ2n) is 13.7. The van der Waals surface area contributed by atoms with Gasteiger partial charge in [-0.25, -0.2) is 19.6 Å². The number of fused-ring (bicyclic) bond motifs is 3. The van der Waals surface area contributed by atoms with Gasteiger partial charge in [0.2, 0.25) is 17.7 Å². The molecular formula is C35H41N5O7S. The van der Waals surface area contributed by atoms with Crippen LogP contribution in [0.3, 0.4) is 0 Å². The van der Waals surface area contributed by atoms with Gasteiger partial charge in [-0.2, -0.15) is 0 Å². The van der Waals surface area contributed by atoms with E-state index in [1.807, 2.05) is 53.9 Å². The minimum atomic E-state index is -1.44. The number of nitrogens with one attached hydrogen (secondary N) is 2. The number of carbonyl (C=O) groups excluding carboxylic acids is 3. The standard InChI is InChI=1S/C35H41N5O7S/c1-34(2,3)47-33(45)38-25-15-8-6-4-5-7-12-21-19-35(21,32(43)44)39-29(41)26-18-22(20-40(26)31(25)42)46-30-28(27-16-11-17-48-27)36-23-13-9-10-14-24(23)37-30/h7,9-14,16-17,21-22,25-26H,4-6,8,15,18-20H2,1-3H3,(H,38,45)(H,39,41)(H,43,44)/b12-7-/t21-,22-,25+,26+,35-/m1/s1. The molecule has 1 saturated heterocycles. The predicted octanol–water partition coefficient (Wildman–Crippen LogP) is 5.08. The van der Waals surface area contributed by atoms with Gasteiger partial charge in [0.1, 0.15) is 35.0 Å². The molecule has 0 spiro atoms. The number of carbonyl (C=O) groups is 4. The van der Waals surface area contributed by atoms with Gasteiger partial charge in [0.25, 0.3) is 0 Å². The second-order valence-corrected chi connectivity index (χ2v) is 14.6. The summed E-state index contributed by atoms with van der Waals surface area (Å²) in [4.78, 5) is 65.5. The molecule has 5 atom stereocenters. The molecule has 254 valence electrons. The molecule has 3 aliphatic rings. The number of aromatic nitrogens is 2. The lowest BCUT2D eigenvalue weighted by Crippen LogP contribution is -2.56. The quantitative estimate of drug-likeness (QED) is 0.314. The molecule has 12 nitrogen and oxygen atoms in total. The van der Waals surface area contributed by atoms with Crippen molar-refractivity contribution in [1.29, 1.82) is 0 Å². The van der Waals surface area contributed by atoms with Gasteiger partial charge in [-0.1, -0.05) is 43.2 Å². The Kier molecular flexibility index (Phi) is 9.41. The van der Waals surface area contributed by atoms with Crippen LogP contribution >= 0.6 is 11.3 Å². The lowest BCUT2D eigenvalue weighted by Gasteiger charge is -2.30. The average Bonchev–Trinajstić information content (AvgIpc) is 3.34. The van der Waals surface area contributed by atoms with E-state index in [1.165, 1.54) is 16.2 Å². The molecule has 3 aromatic rings. The van der Waals surface area contributed by atoms with E-state index in [9.17, 15) is 24.3 Å². The van der Waals surface area contributed by atoms with Crippen molar-refractivity contribution in [3.05, 3.63) is 53.9 Å². The number of rotatable bonds is 5. The molecule has 1 aromatic carbocycles. The van der Waals surface area contributed by atoms with Crippen molar-refractivity contribution in [1.82, 2.24) is 25.5 Å². The van der Waals surface area contributed by atoms with Crippen molar-refractivity contribution >= 4 is 46.2 Å². The number of alkyl carbamates (subject to hydrolysis) is 1. The van der Waals surface area contributed by atoms with Gasteiger partial charge >= 0.3 is 12.1 Å². The minimum absolute atomic E-state index is 0.0191. The molecule has 48 heavy (non-hydrogen) atoms. The fourth-order valence-corrected chi connectivity index (χ4v) is 7.10. The lowest BCUT2D eigenvalue weighted by atomic mass is 10.0. The first-order valence-corrected chi connectivity index (χ1v) is 17.3. The summed E-state index contributed by atoms with van der Waals surface area (Å²) in [6.07, 6.45) is 6.18. The van der Waals surface area contributed by atoms with Crippen molar-refractivity contribution in [2.24, 2.45) is 5.92 Å². The number of nitrogens with zero attached hydrogens (tertiary/aromatic N) is 3. The summed E-state index contributed by atoms with van der Waals surface area (Å²) in [6.45, 7) is 5.24. The monoisotopic (exact) mass is 675 g/mol. The molecule has 13 heteroatoms. The first-order chi connectivity index (χ1) is 22.9. The van der Waals surface area contributed by atoms with Crippen LogP contribution in [0.25, 0.3) is 21.6 Å². The number of hydrogen-bond donors (Lipinski definition) is 3. The number of carboxylic acids is 1. The molecule has 3 N–H and O–H groups in total. The van der Waals surface area contributed by atoms with Crippen LogP contribution in [0.1, 0.15) is 65.7 Å². The van der Waals surface area contributed by atoms with Crippen LogP contribution in [0.15, 0.2) is 53.9 Å². The topological polar surface area (TPSA) is 160 Å². The first kappa shape index (κ1) is 33.4. The van der Waals surface area contributed by atoms with E-state index in [-0.39, 0.29) is 31.2 Å². The summed E-state index contributed by atoms with van der Waals surface area (Å²) in [5.41, 5.74) is -0.337. The highest BCUT2D eigenvalue weighted by Gasteiger charge is 2.61. The zero-order chi connectivity index (χ0) is 34.1. The zero-order valence-corrected chi connectivity index (χ0v) is 28.1. The van der Waals surface area contributed by atoms with E-state index >= 15 is 0 Å². The Balaban J connectivity index is 1.32. The van der Waals surface area contributed by atoms with Gasteiger partial charge < -0.3 is 30.1 Å². The number of carboxylic acid groups (broad SMARTS) is 1. The molecule has 3 amide bonds. The van der Waals surface area contributed by atoms with Gasteiger partial charge in [0.05, 0.1) is 22.5 Å². The predicted molar refractivity (Wildman–Crippen MR) is 179 cm³/mol. The maximum Gasteiger partial charge on any atom is 0.408 e. The maximum absolute atomic E-state index is 14.3. The maximum atomic E-state index is 14.3. The summed E-state index contributed by atoms with van der Waals surface area (Å²) in [6, 6.07) is 9.27. The van der Waals surface area contributed by atoms with Gasteiger partial charge in [0, 0.05) is 12.3 Å². The van der Waals surface area contributed by atoms with Crippen molar-refractivity contribution in [2.45, 2.75) is 95.0 Å². The number of ether oxygens (including phenoxy) is 2. The third kappa shape index (κ3) is 7.30. The van der Waals surface area contributed by atoms with Crippen LogP contribution in [-0.4, -0.2) is 79.7 Å². The van der Waals surface area contributed by atoms with Crippen LogP contribution in [0.4, 0.5) is 4.79 Å². The molecule has 2 fully saturated rings. The number of thiophene rings is 1. The second kappa shape index (κ2) is 13.5. The fraction of sp³-hybridized carbons (Fsp3) is 0.486. The third-order valence-corrected chi connectivity index (χ3v) is 9.76. The van der Waals surface area contributed by atoms with E-state index < -0.39 is 53.2 Å². The number of aliphatic carboxylic acids is 1. The van der Waals surface area contributed by atoms with E-state index in [4.69, 9.17) is 19.4 Å².